The molecule has 0 saturated heterocycles. The predicted octanol–water partition coefficient (Wildman–Crippen LogP) is 3.66. The largest absolute Gasteiger partial charge is 0.338 e. The number of amides is 1. The molecular weight excluding hydrogens is 392 g/mol. The van der Waals surface area contributed by atoms with Gasteiger partial charge in [-0.2, -0.15) is 5.10 Å². The number of nitrogens with zero attached hydrogens (tertiary/aromatic N) is 3. The third-order valence-electron chi connectivity index (χ3n) is 4.89. The Morgan fingerprint density at radius 1 is 0.968 bits per heavy atom. The van der Waals surface area contributed by atoms with E-state index in [0.29, 0.717) is 16.9 Å². The normalized spacial score (nSPS) is 11.0. The highest BCUT2D eigenvalue weighted by Gasteiger charge is 2.11. The number of anilines is 3. The number of fused-ring (bicyclic) bond motifs is 3. The van der Waals surface area contributed by atoms with E-state index in [1.807, 2.05) is 54.6 Å². The molecule has 3 N–H and O–H groups in total. The second-order valence-electron chi connectivity index (χ2n) is 7.02. The van der Waals surface area contributed by atoms with Crippen molar-refractivity contribution < 1.29 is 4.79 Å². The maximum absolute atomic E-state index is 12.3. The number of carbonyl (C=O) groups excluding carboxylic acids is 1. The molecule has 0 aliphatic rings. The van der Waals surface area contributed by atoms with E-state index in [1.54, 1.807) is 29.2 Å². The van der Waals surface area contributed by atoms with Gasteiger partial charge >= 0.3 is 0 Å². The summed E-state index contributed by atoms with van der Waals surface area (Å²) in [6.45, 7) is 0.0872. The molecule has 5 aromatic rings. The molecule has 8 nitrogen and oxygen atoms in total. The van der Waals surface area contributed by atoms with Crippen molar-refractivity contribution in [2.75, 3.05) is 10.6 Å². The molecule has 0 spiro atoms. The number of hydrogen-bond donors (Lipinski definition) is 3. The van der Waals surface area contributed by atoms with Gasteiger partial charge in [0, 0.05) is 40.3 Å². The molecule has 3 heterocycles. The third kappa shape index (κ3) is 3.74. The minimum Gasteiger partial charge on any atom is -0.338 e. The van der Waals surface area contributed by atoms with Gasteiger partial charge in [-0.15, -0.1) is 0 Å². The lowest BCUT2D eigenvalue weighted by Crippen LogP contribution is -2.19. The van der Waals surface area contributed by atoms with Crippen LogP contribution in [0.2, 0.25) is 0 Å². The van der Waals surface area contributed by atoms with Crippen molar-refractivity contribution in [2.45, 2.75) is 6.54 Å². The van der Waals surface area contributed by atoms with Crippen LogP contribution in [0.4, 0.5) is 17.2 Å². The molecule has 0 fully saturated rings. The first kappa shape index (κ1) is 18.6. The van der Waals surface area contributed by atoms with Crippen LogP contribution in [0.25, 0.3) is 21.8 Å². The van der Waals surface area contributed by atoms with E-state index in [9.17, 15) is 9.59 Å². The van der Waals surface area contributed by atoms with E-state index in [0.717, 1.165) is 22.1 Å². The molecule has 0 atom stereocenters. The third-order valence-corrected chi connectivity index (χ3v) is 4.89. The van der Waals surface area contributed by atoms with Crippen LogP contribution in [0.5, 0.6) is 0 Å². The Morgan fingerprint density at radius 2 is 1.74 bits per heavy atom. The lowest BCUT2D eigenvalue weighted by Gasteiger charge is -2.09. The fourth-order valence-electron chi connectivity index (χ4n) is 3.53. The number of nitrogens with one attached hydrogen (secondary N) is 3. The predicted molar refractivity (Wildman–Crippen MR) is 120 cm³/mol. The first-order valence-corrected chi connectivity index (χ1v) is 9.72. The maximum atomic E-state index is 12.3. The van der Waals surface area contributed by atoms with Crippen molar-refractivity contribution in [3.8, 4) is 0 Å². The van der Waals surface area contributed by atoms with Crippen molar-refractivity contribution in [1.29, 1.82) is 0 Å². The molecule has 0 aliphatic heterocycles. The van der Waals surface area contributed by atoms with Gasteiger partial charge in [0.15, 0.2) is 5.82 Å². The van der Waals surface area contributed by atoms with Crippen molar-refractivity contribution in [2.24, 2.45) is 0 Å². The van der Waals surface area contributed by atoms with Crippen LogP contribution in [0.15, 0.2) is 83.9 Å². The molecule has 152 valence electrons. The summed E-state index contributed by atoms with van der Waals surface area (Å²) in [6, 6.07) is 20.3. The first-order chi connectivity index (χ1) is 15.2. The second-order valence-corrected chi connectivity index (χ2v) is 7.02. The van der Waals surface area contributed by atoms with E-state index in [1.165, 1.54) is 0 Å². The van der Waals surface area contributed by atoms with Gasteiger partial charge in [-0.3, -0.25) is 14.3 Å². The van der Waals surface area contributed by atoms with Crippen LogP contribution < -0.4 is 16.2 Å². The van der Waals surface area contributed by atoms with Crippen LogP contribution in [0.3, 0.4) is 0 Å². The second kappa shape index (κ2) is 7.75. The van der Waals surface area contributed by atoms with Gasteiger partial charge in [0.25, 0.3) is 5.56 Å². The van der Waals surface area contributed by atoms with Crippen LogP contribution in [-0.2, 0) is 11.3 Å². The zero-order valence-electron chi connectivity index (χ0n) is 16.4. The number of aromatic nitrogens is 4. The zero-order chi connectivity index (χ0) is 21.2. The minimum atomic E-state index is -0.179. The van der Waals surface area contributed by atoms with E-state index < -0.39 is 0 Å². The first-order valence-electron chi connectivity index (χ1n) is 9.72. The quantitative estimate of drug-likeness (QED) is 0.384. The fourth-order valence-corrected chi connectivity index (χ4v) is 3.53. The highest BCUT2D eigenvalue weighted by atomic mass is 16.2. The smallest absolute Gasteiger partial charge is 0.257 e. The summed E-state index contributed by atoms with van der Waals surface area (Å²) in [5.74, 6) is 0.411. The number of benzene rings is 2. The van der Waals surface area contributed by atoms with Gasteiger partial charge in [0.2, 0.25) is 5.91 Å². The summed E-state index contributed by atoms with van der Waals surface area (Å²) in [6.07, 6.45) is 3.36. The number of carbonyl (C=O) groups is 1. The summed E-state index contributed by atoms with van der Waals surface area (Å²) in [7, 11) is 0. The van der Waals surface area contributed by atoms with Crippen molar-refractivity contribution in [3.05, 3.63) is 89.5 Å². The Morgan fingerprint density at radius 3 is 2.58 bits per heavy atom. The Labute approximate surface area is 176 Å². The molecule has 3 aromatic heterocycles. The van der Waals surface area contributed by atoms with Crippen molar-refractivity contribution in [1.82, 2.24) is 19.7 Å². The van der Waals surface area contributed by atoms with Crippen LogP contribution in [0, 0.1) is 0 Å². The number of rotatable bonds is 5. The van der Waals surface area contributed by atoms with E-state index in [2.05, 4.69) is 25.7 Å². The van der Waals surface area contributed by atoms with E-state index in [4.69, 9.17) is 0 Å². The number of H-pyrrole nitrogens is 1. The Balaban J connectivity index is 1.41. The average molecular weight is 410 g/mol. The van der Waals surface area contributed by atoms with Crippen molar-refractivity contribution >= 4 is 44.9 Å². The van der Waals surface area contributed by atoms with Gasteiger partial charge in [-0.25, -0.2) is 4.98 Å². The summed E-state index contributed by atoms with van der Waals surface area (Å²) < 4.78 is 1.56. The van der Waals surface area contributed by atoms with E-state index in [-0.39, 0.29) is 18.0 Å². The molecule has 1 amide bonds. The van der Waals surface area contributed by atoms with Gasteiger partial charge in [-0.1, -0.05) is 36.4 Å². The molecule has 0 saturated carbocycles. The molecular formula is C23H18N6O2. The molecule has 0 unspecified atom stereocenters. The Bertz CT molecular complexity index is 1460. The number of aromatic amines is 1. The van der Waals surface area contributed by atoms with Gasteiger partial charge in [0.05, 0.1) is 5.69 Å². The molecule has 8 heteroatoms. The van der Waals surface area contributed by atoms with Gasteiger partial charge in [0.1, 0.15) is 12.2 Å². The van der Waals surface area contributed by atoms with Crippen LogP contribution >= 0.6 is 0 Å². The van der Waals surface area contributed by atoms with Gasteiger partial charge < -0.3 is 15.6 Å². The molecule has 0 radical (unpaired) electrons. The highest BCUT2D eigenvalue weighted by Crippen LogP contribution is 2.28. The number of pyridine rings is 2. The minimum absolute atomic E-state index is 0.0872. The van der Waals surface area contributed by atoms with Crippen LogP contribution in [-0.4, -0.2) is 25.7 Å². The maximum Gasteiger partial charge on any atom is 0.257 e. The summed E-state index contributed by atoms with van der Waals surface area (Å²) in [5, 5.41) is 12.8. The zero-order valence-corrected chi connectivity index (χ0v) is 16.4. The molecule has 0 bridgehead atoms. The molecule has 5 rings (SSSR count). The summed E-state index contributed by atoms with van der Waals surface area (Å²) >= 11 is 0. The Kier molecular flexibility index (Phi) is 4.64. The van der Waals surface area contributed by atoms with E-state index >= 15 is 0 Å². The fraction of sp³-hybridized carbons (Fsp3) is 0.0435. The van der Waals surface area contributed by atoms with Crippen LogP contribution in [0.1, 0.15) is 0 Å². The SMILES string of the molecule is O=C(Cn1ccc(Nc2ccnc3[nH]c(=O)c4ccccc4c23)n1)Nc1ccccc1. The topological polar surface area (TPSA) is 105 Å². The average Bonchev–Trinajstić information content (AvgIpc) is 3.21. The number of para-hydroxylation sites is 1. The summed E-state index contributed by atoms with van der Waals surface area (Å²) in [5.41, 5.74) is 1.82. The summed E-state index contributed by atoms with van der Waals surface area (Å²) in [4.78, 5) is 31.7. The lowest BCUT2D eigenvalue weighted by molar-refractivity contribution is -0.116. The van der Waals surface area contributed by atoms with Gasteiger partial charge in [-0.05, 0) is 24.3 Å². The number of hydrogen-bond acceptors (Lipinski definition) is 5. The standard InChI is InChI=1S/C23H18N6O2/c30-20(25-15-6-2-1-3-7-15)14-29-13-11-19(28-29)26-18-10-12-24-22-21(18)16-8-4-5-9-17(16)23(31)27-22/h1-13H,14H2,(H,25,30)(H2,24,26,27,28,31). The molecule has 2 aromatic carbocycles. The highest BCUT2D eigenvalue weighted by molar-refractivity contribution is 6.10. The van der Waals surface area contributed by atoms with Crippen molar-refractivity contribution in [3.63, 3.8) is 0 Å². The lowest BCUT2D eigenvalue weighted by atomic mass is 10.1. The molecule has 0 aliphatic carbocycles. The monoisotopic (exact) mass is 410 g/mol. The Hall–Kier alpha value is -4.46. The molecule has 31 heavy (non-hydrogen) atoms.